The molecule has 2 amide bonds. The lowest BCUT2D eigenvalue weighted by Crippen LogP contribution is -2.50. The van der Waals surface area contributed by atoms with Gasteiger partial charge in [-0.2, -0.15) is 0 Å². The highest BCUT2D eigenvalue weighted by atomic mass is 79.9. The van der Waals surface area contributed by atoms with Crippen molar-refractivity contribution in [3.05, 3.63) is 63.1 Å². The average molecular weight is 510 g/mol. The minimum absolute atomic E-state index is 0.141. The Morgan fingerprint density at radius 1 is 1.16 bits per heavy atom. The second-order valence-electron chi connectivity index (χ2n) is 7.42. The van der Waals surface area contributed by atoms with Gasteiger partial charge in [-0.1, -0.05) is 59.9 Å². The van der Waals surface area contributed by atoms with Gasteiger partial charge in [-0.05, 0) is 61.2 Å². The number of ether oxygens (including phenoxy) is 1. The van der Waals surface area contributed by atoms with Crippen molar-refractivity contribution in [2.45, 2.75) is 52.6 Å². The van der Waals surface area contributed by atoms with E-state index in [0.29, 0.717) is 30.3 Å². The number of carbonyl (C=O) groups excluding carboxylic acids is 2. The summed E-state index contributed by atoms with van der Waals surface area (Å²) in [4.78, 5) is 27.6. The summed E-state index contributed by atoms with van der Waals surface area (Å²) >= 11 is 9.46. The lowest BCUT2D eigenvalue weighted by atomic mass is 10.1. The molecule has 0 saturated heterocycles. The minimum atomic E-state index is -0.574. The molecule has 0 fully saturated rings. The van der Waals surface area contributed by atoms with E-state index < -0.39 is 6.04 Å². The number of unbranched alkanes of at least 4 members (excludes halogenated alkanes) is 1. The molecule has 2 aromatic carbocycles. The summed E-state index contributed by atoms with van der Waals surface area (Å²) in [5.74, 6) is 0.228. The quantitative estimate of drug-likeness (QED) is 0.406. The van der Waals surface area contributed by atoms with Gasteiger partial charge in [0.2, 0.25) is 5.91 Å². The number of halogens is 2. The molecule has 0 aliphatic rings. The monoisotopic (exact) mass is 508 g/mol. The third-order valence-electron chi connectivity index (χ3n) is 4.97. The van der Waals surface area contributed by atoms with Gasteiger partial charge >= 0.3 is 0 Å². The molecule has 0 bridgehead atoms. The fraction of sp³-hybridized carbons (Fsp3) is 0.417. The van der Waals surface area contributed by atoms with Crippen molar-refractivity contribution in [1.29, 1.82) is 0 Å². The second kappa shape index (κ2) is 12.7. The summed E-state index contributed by atoms with van der Waals surface area (Å²) in [6, 6.07) is 12.3. The Balaban J connectivity index is 2.17. The zero-order valence-corrected chi connectivity index (χ0v) is 20.6. The van der Waals surface area contributed by atoms with Crippen molar-refractivity contribution in [2.24, 2.45) is 0 Å². The summed E-state index contributed by atoms with van der Waals surface area (Å²) in [5.41, 5.74) is 1.92. The van der Waals surface area contributed by atoms with E-state index in [0.717, 1.165) is 28.4 Å². The maximum Gasteiger partial charge on any atom is 0.261 e. The van der Waals surface area contributed by atoms with E-state index in [1.807, 2.05) is 44.2 Å². The van der Waals surface area contributed by atoms with Crippen LogP contribution >= 0.6 is 27.5 Å². The SMILES string of the molecule is CCCCNC(=O)[C@@H](CC)N(Cc1ccc(Cl)cc1)C(=O)COc1ccc(Br)c(C)c1. The van der Waals surface area contributed by atoms with Gasteiger partial charge in [0.1, 0.15) is 11.8 Å². The summed E-state index contributed by atoms with van der Waals surface area (Å²) in [6.45, 7) is 6.70. The van der Waals surface area contributed by atoms with Crippen LogP contribution in [0.3, 0.4) is 0 Å². The predicted molar refractivity (Wildman–Crippen MR) is 128 cm³/mol. The van der Waals surface area contributed by atoms with Crippen LogP contribution in [0.5, 0.6) is 5.75 Å². The largest absolute Gasteiger partial charge is 0.484 e. The van der Waals surface area contributed by atoms with E-state index in [-0.39, 0.29) is 18.4 Å². The number of nitrogens with zero attached hydrogens (tertiary/aromatic N) is 1. The Morgan fingerprint density at radius 3 is 2.48 bits per heavy atom. The highest BCUT2D eigenvalue weighted by Gasteiger charge is 2.28. The van der Waals surface area contributed by atoms with Crippen LogP contribution in [0.4, 0.5) is 0 Å². The first kappa shape index (κ1) is 25.2. The van der Waals surface area contributed by atoms with Gasteiger partial charge in [0.05, 0.1) is 0 Å². The molecular formula is C24H30BrClN2O3. The van der Waals surface area contributed by atoms with Crippen molar-refractivity contribution in [3.8, 4) is 5.75 Å². The molecule has 31 heavy (non-hydrogen) atoms. The number of hydrogen-bond donors (Lipinski definition) is 1. The Kier molecular flexibility index (Phi) is 10.3. The first-order valence-electron chi connectivity index (χ1n) is 10.6. The van der Waals surface area contributed by atoms with Gasteiger partial charge in [0, 0.05) is 22.6 Å². The number of aryl methyl sites for hydroxylation is 1. The molecule has 0 heterocycles. The maximum atomic E-state index is 13.2. The van der Waals surface area contributed by atoms with Crippen LogP contribution in [0.15, 0.2) is 46.9 Å². The summed E-state index contributed by atoms with van der Waals surface area (Å²) < 4.78 is 6.73. The van der Waals surface area contributed by atoms with Gasteiger partial charge < -0.3 is 15.0 Å². The molecule has 0 radical (unpaired) electrons. The Labute approximate surface area is 198 Å². The zero-order chi connectivity index (χ0) is 22.8. The minimum Gasteiger partial charge on any atom is -0.484 e. The lowest BCUT2D eigenvalue weighted by Gasteiger charge is -2.30. The van der Waals surface area contributed by atoms with Gasteiger partial charge in [-0.3, -0.25) is 9.59 Å². The molecule has 0 unspecified atom stereocenters. The third-order valence-corrected chi connectivity index (χ3v) is 6.12. The van der Waals surface area contributed by atoms with Crippen LogP contribution in [0.25, 0.3) is 0 Å². The normalized spacial score (nSPS) is 11.6. The first-order chi connectivity index (χ1) is 14.8. The standard InChI is InChI=1S/C24H30BrClN2O3/c1-4-6-13-27-24(30)22(5-2)28(15-18-7-9-19(26)10-8-18)23(29)16-31-20-11-12-21(25)17(3)14-20/h7-12,14,22H,4-6,13,15-16H2,1-3H3,(H,27,30)/t22-/m1/s1. The van der Waals surface area contributed by atoms with Gasteiger partial charge in [0.15, 0.2) is 6.61 Å². The first-order valence-corrected chi connectivity index (χ1v) is 11.7. The van der Waals surface area contributed by atoms with E-state index in [4.69, 9.17) is 16.3 Å². The van der Waals surface area contributed by atoms with E-state index in [9.17, 15) is 9.59 Å². The molecule has 0 aliphatic carbocycles. The smallest absolute Gasteiger partial charge is 0.261 e. The molecule has 0 saturated carbocycles. The molecule has 1 atom stereocenters. The van der Waals surface area contributed by atoms with Crippen LogP contribution in [0.1, 0.15) is 44.2 Å². The number of amides is 2. The van der Waals surface area contributed by atoms with Crippen molar-refractivity contribution < 1.29 is 14.3 Å². The molecule has 2 aromatic rings. The molecule has 2 rings (SSSR count). The van der Waals surface area contributed by atoms with Crippen molar-refractivity contribution in [1.82, 2.24) is 10.2 Å². The Bertz CT molecular complexity index is 874. The summed E-state index contributed by atoms with van der Waals surface area (Å²) in [7, 11) is 0. The maximum absolute atomic E-state index is 13.2. The molecule has 5 nitrogen and oxygen atoms in total. The Hall–Kier alpha value is -2.05. The van der Waals surface area contributed by atoms with Gasteiger partial charge in [0.25, 0.3) is 5.91 Å². The van der Waals surface area contributed by atoms with E-state index in [2.05, 4.69) is 28.2 Å². The van der Waals surface area contributed by atoms with Crippen molar-refractivity contribution in [2.75, 3.05) is 13.2 Å². The lowest BCUT2D eigenvalue weighted by molar-refractivity contribution is -0.143. The summed E-state index contributed by atoms with van der Waals surface area (Å²) in [5, 5.41) is 3.58. The van der Waals surface area contributed by atoms with Gasteiger partial charge in [-0.25, -0.2) is 0 Å². The van der Waals surface area contributed by atoms with Crippen LogP contribution in [-0.2, 0) is 16.1 Å². The molecule has 168 valence electrons. The number of rotatable bonds is 11. The number of hydrogen-bond acceptors (Lipinski definition) is 3. The second-order valence-corrected chi connectivity index (χ2v) is 8.71. The fourth-order valence-corrected chi connectivity index (χ4v) is 3.52. The van der Waals surface area contributed by atoms with Crippen LogP contribution in [0, 0.1) is 6.92 Å². The molecule has 0 spiro atoms. The number of benzene rings is 2. The molecule has 7 heteroatoms. The van der Waals surface area contributed by atoms with E-state index in [1.165, 1.54) is 0 Å². The number of nitrogens with one attached hydrogen (secondary N) is 1. The molecule has 0 aromatic heterocycles. The Morgan fingerprint density at radius 2 is 1.87 bits per heavy atom. The average Bonchev–Trinajstić information content (AvgIpc) is 2.75. The van der Waals surface area contributed by atoms with Gasteiger partial charge in [-0.15, -0.1) is 0 Å². The summed E-state index contributed by atoms with van der Waals surface area (Å²) in [6.07, 6.45) is 2.40. The highest BCUT2D eigenvalue weighted by Crippen LogP contribution is 2.22. The molecule has 0 aliphatic heterocycles. The van der Waals surface area contributed by atoms with Crippen LogP contribution < -0.4 is 10.1 Å². The topological polar surface area (TPSA) is 58.6 Å². The highest BCUT2D eigenvalue weighted by molar-refractivity contribution is 9.10. The van der Waals surface area contributed by atoms with E-state index >= 15 is 0 Å². The van der Waals surface area contributed by atoms with Crippen molar-refractivity contribution in [3.63, 3.8) is 0 Å². The van der Waals surface area contributed by atoms with Crippen molar-refractivity contribution >= 4 is 39.3 Å². The third kappa shape index (κ3) is 7.86. The number of carbonyl (C=O) groups is 2. The van der Waals surface area contributed by atoms with Crippen LogP contribution in [0.2, 0.25) is 5.02 Å². The zero-order valence-electron chi connectivity index (χ0n) is 18.3. The van der Waals surface area contributed by atoms with E-state index in [1.54, 1.807) is 17.0 Å². The molecular weight excluding hydrogens is 480 g/mol. The fourth-order valence-electron chi connectivity index (χ4n) is 3.15. The van der Waals surface area contributed by atoms with Crippen LogP contribution in [-0.4, -0.2) is 35.9 Å². The predicted octanol–water partition coefficient (Wildman–Crippen LogP) is 5.51. The molecule has 1 N–H and O–H groups in total.